The van der Waals surface area contributed by atoms with Crippen molar-refractivity contribution in [3.63, 3.8) is 0 Å². The Hall–Kier alpha value is -2.33. The fraction of sp³-hybridized carbons (Fsp3) is 0.458. The van der Waals surface area contributed by atoms with E-state index < -0.39 is 0 Å². The van der Waals surface area contributed by atoms with E-state index >= 15 is 0 Å². The number of anilines is 1. The number of ketones is 1. The van der Waals surface area contributed by atoms with Crippen LogP contribution in [0.25, 0.3) is 0 Å². The number of Topliss-reactive ketones (excluding diaryl/α,β-unsaturated/α-hetero) is 1. The Morgan fingerprint density at radius 1 is 1.11 bits per heavy atom. The molecule has 0 unspecified atom stereocenters. The summed E-state index contributed by atoms with van der Waals surface area (Å²) in [7, 11) is 0. The molecule has 148 valence electrons. The Kier molecular flexibility index (Phi) is 5.67. The molecule has 2 aromatic rings. The predicted octanol–water partition coefficient (Wildman–Crippen LogP) is 4.13. The standard InChI is InChI=1S/C24H29NO3/c1-17(12-23(27)15-26)19-4-6-20(7-5-19)21-13-25(14-21)22-8-10-24(11-9-22)28-16-18-2-3-18/h4-11,17-18,21,26H,2-3,12-16H2,1H3/t17-/m1/s1. The van der Waals surface area contributed by atoms with Crippen molar-refractivity contribution in [1.82, 2.24) is 0 Å². The van der Waals surface area contributed by atoms with Crippen LogP contribution in [0.15, 0.2) is 48.5 Å². The van der Waals surface area contributed by atoms with Gasteiger partial charge < -0.3 is 14.7 Å². The highest BCUT2D eigenvalue weighted by Gasteiger charge is 2.28. The van der Waals surface area contributed by atoms with E-state index in [1.807, 2.05) is 6.92 Å². The predicted molar refractivity (Wildman–Crippen MR) is 111 cm³/mol. The van der Waals surface area contributed by atoms with Crippen LogP contribution in [-0.4, -0.2) is 37.2 Å². The van der Waals surface area contributed by atoms with Gasteiger partial charge in [-0.25, -0.2) is 0 Å². The molecular weight excluding hydrogens is 350 g/mol. The van der Waals surface area contributed by atoms with Gasteiger partial charge in [-0.05, 0) is 60.1 Å². The Labute approximate surface area is 167 Å². The lowest BCUT2D eigenvalue weighted by Gasteiger charge is -2.41. The number of nitrogens with zero attached hydrogens (tertiary/aromatic N) is 1. The first-order valence-electron chi connectivity index (χ1n) is 10.3. The molecule has 1 aliphatic carbocycles. The van der Waals surface area contributed by atoms with Crippen LogP contribution in [0.5, 0.6) is 5.75 Å². The summed E-state index contributed by atoms with van der Waals surface area (Å²) in [4.78, 5) is 13.8. The molecule has 0 bridgehead atoms. The van der Waals surface area contributed by atoms with Gasteiger partial charge in [0.25, 0.3) is 0 Å². The molecule has 0 radical (unpaired) electrons. The van der Waals surface area contributed by atoms with Crippen LogP contribution >= 0.6 is 0 Å². The first-order chi connectivity index (χ1) is 13.6. The zero-order valence-corrected chi connectivity index (χ0v) is 16.5. The van der Waals surface area contributed by atoms with E-state index in [1.165, 1.54) is 24.1 Å². The molecule has 4 rings (SSSR count). The first kappa shape index (κ1) is 19.0. The van der Waals surface area contributed by atoms with Crippen LogP contribution in [-0.2, 0) is 4.79 Å². The lowest BCUT2D eigenvalue weighted by Crippen LogP contribution is -2.45. The third kappa shape index (κ3) is 4.56. The zero-order chi connectivity index (χ0) is 19.5. The first-order valence-corrected chi connectivity index (χ1v) is 10.3. The molecule has 28 heavy (non-hydrogen) atoms. The number of rotatable bonds is 9. The molecule has 4 nitrogen and oxygen atoms in total. The molecule has 1 aliphatic heterocycles. The third-order valence-electron chi connectivity index (χ3n) is 5.95. The normalized spacial score (nSPS) is 17.9. The molecule has 2 aliphatic rings. The maximum atomic E-state index is 11.4. The number of hydrogen-bond acceptors (Lipinski definition) is 4. The molecule has 0 amide bonds. The monoisotopic (exact) mass is 379 g/mol. The summed E-state index contributed by atoms with van der Waals surface area (Å²) in [6.07, 6.45) is 3.02. The minimum absolute atomic E-state index is 0.102. The molecule has 1 N–H and O–H groups in total. The van der Waals surface area contributed by atoms with Crippen molar-refractivity contribution in [2.45, 2.75) is 38.0 Å². The van der Waals surface area contributed by atoms with E-state index in [2.05, 4.69) is 53.4 Å². The quantitative estimate of drug-likeness (QED) is 0.712. The average molecular weight is 380 g/mol. The van der Waals surface area contributed by atoms with E-state index in [0.717, 1.165) is 36.9 Å². The number of carbonyl (C=O) groups excluding carboxylic acids is 1. The second kappa shape index (κ2) is 8.36. The lowest BCUT2D eigenvalue weighted by atomic mass is 9.88. The number of hydrogen-bond donors (Lipinski definition) is 1. The summed E-state index contributed by atoms with van der Waals surface area (Å²) in [5.74, 6) is 2.34. The molecule has 1 atom stereocenters. The maximum absolute atomic E-state index is 11.4. The second-order valence-corrected chi connectivity index (χ2v) is 8.32. The van der Waals surface area contributed by atoms with E-state index in [0.29, 0.717) is 12.3 Å². The molecule has 1 heterocycles. The van der Waals surface area contributed by atoms with Crippen LogP contribution < -0.4 is 9.64 Å². The molecule has 0 spiro atoms. The Morgan fingerprint density at radius 2 is 1.79 bits per heavy atom. The van der Waals surface area contributed by atoms with Crippen LogP contribution in [0.2, 0.25) is 0 Å². The highest BCUT2D eigenvalue weighted by atomic mass is 16.5. The van der Waals surface area contributed by atoms with Gasteiger partial charge >= 0.3 is 0 Å². The number of aliphatic hydroxyl groups is 1. The van der Waals surface area contributed by atoms with Crippen LogP contribution in [0.3, 0.4) is 0 Å². The largest absolute Gasteiger partial charge is 0.493 e. The van der Waals surface area contributed by atoms with Crippen LogP contribution in [0, 0.1) is 5.92 Å². The second-order valence-electron chi connectivity index (χ2n) is 8.32. The number of aliphatic hydroxyl groups excluding tert-OH is 1. The fourth-order valence-corrected chi connectivity index (χ4v) is 3.77. The van der Waals surface area contributed by atoms with Gasteiger partial charge in [-0.3, -0.25) is 4.79 Å². The van der Waals surface area contributed by atoms with Crippen molar-refractivity contribution in [1.29, 1.82) is 0 Å². The fourth-order valence-electron chi connectivity index (χ4n) is 3.77. The lowest BCUT2D eigenvalue weighted by molar-refractivity contribution is -0.122. The average Bonchev–Trinajstić information content (AvgIpc) is 3.51. The van der Waals surface area contributed by atoms with E-state index in [-0.39, 0.29) is 18.3 Å². The van der Waals surface area contributed by atoms with E-state index in [4.69, 9.17) is 9.84 Å². The minimum Gasteiger partial charge on any atom is -0.493 e. The van der Waals surface area contributed by atoms with Crippen molar-refractivity contribution in [2.24, 2.45) is 5.92 Å². The Balaban J connectivity index is 1.27. The van der Waals surface area contributed by atoms with Gasteiger partial charge in [0.1, 0.15) is 12.4 Å². The molecular formula is C24H29NO3. The summed E-state index contributed by atoms with van der Waals surface area (Å²) in [5.41, 5.74) is 3.76. The van der Waals surface area contributed by atoms with Gasteiger partial charge in [-0.1, -0.05) is 31.2 Å². The third-order valence-corrected chi connectivity index (χ3v) is 5.95. The smallest absolute Gasteiger partial charge is 0.158 e. The number of carbonyl (C=O) groups is 1. The SMILES string of the molecule is C[C@H](CC(=O)CO)c1ccc(C2CN(c3ccc(OCC4CC4)cc3)C2)cc1. The number of ether oxygens (including phenoxy) is 1. The van der Waals surface area contributed by atoms with Crippen molar-refractivity contribution < 1.29 is 14.6 Å². The van der Waals surface area contributed by atoms with Gasteiger partial charge in [0.05, 0.1) is 6.61 Å². The van der Waals surface area contributed by atoms with Crippen LogP contribution in [0.1, 0.15) is 49.1 Å². The van der Waals surface area contributed by atoms with Gasteiger partial charge in [0.2, 0.25) is 0 Å². The van der Waals surface area contributed by atoms with Gasteiger partial charge in [0, 0.05) is 31.1 Å². The summed E-state index contributed by atoms with van der Waals surface area (Å²) in [6.45, 7) is 4.58. The molecule has 0 aromatic heterocycles. The number of benzene rings is 2. The van der Waals surface area contributed by atoms with Gasteiger partial charge in [-0.15, -0.1) is 0 Å². The van der Waals surface area contributed by atoms with Crippen molar-refractivity contribution in [2.75, 3.05) is 31.2 Å². The van der Waals surface area contributed by atoms with Crippen molar-refractivity contribution in [3.05, 3.63) is 59.7 Å². The Bertz CT molecular complexity index is 790. The van der Waals surface area contributed by atoms with E-state index in [1.54, 1.807) is 0 Å². The molecule has 1 saturated heterocycles. The zero-order valence-electron chi connectivity index (χ0n) is 16.5. The molecule has 2 fully saturated rings. The summed E-state index contributed by atoms with van der Waals surface area (Å²) in [6, 6.07) is 17.1. The highest BCUT2D eigenvalue weighted by Crippen LogP contribution is 2.34. The van der Waals surface area contributed by atoms with Crippen molar-refractivity contribution in [3.8, 4) is 5.75 Å². The Morgan fingerprint density at radius 3 is 2.39 bits per heavy atom. The summed E-state index contributed by atoms with van der Waals surface area (Å²) in [5, 5.41) is 8.91. The summed E-state index contributed by atoms with van der Waals surface area (Å²) < 4.78 is 5.81. The molecule has 1 saturated carbocycles. The van der Waals surface area contributed by atoms with Crippen LogP contribution in [0.4, 0.5) is 5.69 Å². The topological polar surface area (TPSA) is 49.8 Å². The minimum atomic E-state index is -0.367. The maximum Gasteiger partial charge on any atom is 0.158 e. The molecule has 4 heteroatoms. The molecule has 2 aromatic carbocycles. The van der Waals surface area contributed by atoms with Gasteiger partial charge in [-0.2, -0.15) is 0 Å². The summed E-state index contributed by atoms with van der Waals surface area (Å²) >= 11 is 0. The van der Waals surface area contributed by atoms with Crippen molar-refractivity contribution >= 4 is 11.5 Å². The van der Waals surface area contributed by atoms with Gasteiger partial charge in [0.15, 0.2) is 5.78 Å². The van der Waals surface area contributed by atoms with E-state index in [9.17, 15) is 4.79 Å². The highest BCUT2D eigenvalue weighted by molar-refractivity contribution is 5.80.